The van der Waals surface area contributed by atoms with Gasteiger partial charge in [0, 0.05) is 12.0 Å². The van der Waals surface area contributed by atoms with Gasteiger partial charge in [-0.15, -0.1) is 0 Å². The summed E-state index contributed by atoms with van der Waals surface area (Å²) in [7, 11) is 0. The van der Waals surface area contributed by atoms with Crippen molar-refractivity contribution in [2.24, 2.45) is 4.99 Å². The topological polar surface area (TPSA) is 41.5 Å². The molecule has 1 amide bonds. The number of hydrogen-bond acceptors (Lipinski definition) is 2. The Hall–Kier alpha value is -1.97. The molecule has 0 fully saturated rings. The largest absolute Gasteiger partial charge is 0.309 e. The van der Waals surface area contributed by atoms with E-state index in [-0.39, 0.29) is 17.4 Å². The smallest absolute Gasteiger partial charge is 0.275 e. The van der Waals surface area contributed by atoms with E-state index in [1.54, 1.807) is 18.2 Å². The Morgan fingerprint density at radius 3 is 2.81 bits per heavy atom. The molecule has 0 radical (unpaired) electrons. The van der Waals surface area contributed by atoms with E-state index in [2.05, 4.69) is 10.3 Å². The number of benzene rings is 1. The van der Waals surface area contributed by atoms with Crippen LogP contribution in [0.4, 0.5) is 4.39 Å². The molecule has 2 rings (SSSR count). The van der Waals surface area contributed by atoms with Gasteiger partial charge in [-0.2, -0.15) is 0 Å². The van der Waals surface area contributed by atoms with E-state index in [0.29, 0.717) is 17.8 Å². The van der Waals surface area contributed by atoms with Gasteiger partial charge in [-0.25, -0.2) is 9.38 Å². The Bertz CT molecular complexity index is 492. The van der Waals surface area contributed by atoms with Crippen molar-refractivity contribution in [3.63, 3.8) is 0 Å². The summed E-state index contributed by atoms with van der Waals surface area (Å²) in [5.74, 6) is -0.0179. The highest BCUT2D eigenvalue weighted by Crippen LogP contribution is 2.15. The van der Waals surface area contributed by atoms with Gasteiger partial charge in [0.2, 0.25) is 0 Å². The number of hydrogen-bond donors (Lipinski definition) is 1. The average Bonchev–Trinajstić information content (AvgIpc) is 2.63. The van der Waals surface area contributed by atoms with E-state index in [9.17, 15) is 9.18 Å². The third-order valence-corrected chi connectivity index (χ3v) is 2.28. The van der Waals surface area contributed by atoms with Gasteiger partial charge in [-0.3, -0.25) is 4.79 Å². The SMILES string of the molecule is CCC1=N/C(=C\c2ccccc2F)C(=O)N1. The number of nitrogens with zero attached hydrogens (tertiary/aromatic N) is 1. The number of halogens is 1. The summed E-state index contributed by atoms with van der Waals surface area (Å²) in [4.78, 5) is 15.5. The highest BCUT2D eigenvalue weighted by molar-refractivity contribution is 6.14. The van der Waals surface area contributed by atoms with Crippen molar-refractivity contribution in [3.05, 3.63) is 41.3 Å². The van der Waals surface area contributed by atoms with Crippen LogP contribution >= 0.6 is 0 Å². The number of rotatable bonds is 2. The molecular weight excluding hydrogens is 207 g/mol. The molecule has 0 spiro atoms. The Morgan fingerprint density at radius 1 is 1.44 bits per heavy atom. The highest BCUT2D eigenvalue weighted by atomic mass is 19.1. The molecule has 0 aliphatic carbocycles. The predicted molar refractivity (Wildman–Crippen MR) is 60.2 cm³/mol. The lowest BCUT2D eigenvalue weighted by molar-refractivity contribution is -0.115. The fourth-order valence-electron chi connectivity index (χ4n) is 1.42. The first-order valence-electron chi connectivity index (χ1n) is 5.06. The van der Waals surface area contributed by atoms with Crippen LogP contribution < -0.4 is 5.32 Å². The molecule has 3 nitrogen and oxygen atoms in total. The van der Waals surface area contributed by atoms with Crippen LogP contribution in [0.1, 0.15) is 18.9 Å². The van der Waals surface area contributed by atoms with Gasteiger partial charge in [-0.1, -0.05) is 25.1 Å². The van der Waals surface area contributed by atoms with Crippen molar-refractivity contribution in [3.8, 4) is 0 Å². The van der Waals surface area contributed by atoms with E-state index in [0.717, 1.165) is 0 Å². The molecule has 82 valence electrons. The third-order valence-electron chi connectivity index (χ3n) is 2.28. The summed E-state index contributed by atoms with van der Waals surface area (Å²) >= 11 is 0. The molecule has 1 aromatic rings. The Kier molecular flexibility index (Phi) is 2.81. The van der Waals surface area contributed by atoms with Gasteiger partial charge in [0.05, 0.1) is 0 Å². The second kappa shape index (κ2) is 4.26. The summed E-state index contributed by atoms with van der Waals surface area (Å²) in [6.45, 7) is 1.89. The average molecular weight is 218 g/mol. The van der Waals surface area contributed by atoms with Crippen LogP contribution in [0.5, 0.6) is 0 Å². The lowest BCUT2D eigenvalue weighted by Crippen LogP contribution is -2.23. The molecule has 0 saturated heterocycles. The lowest BCUT2D eigenvalue weighted by Gasteiger charge is -1.96. The lowest BCUT2D eigenvalue weighted by atomic mass is 10.2. The predicted octanol–water partition coefficient (Wildman–Crippen LogP) is 2.10. The van der Waals surface area contributed by atoms with Crippen molar-refractivity contribution in [2.45, 2.75) is 13.3 Å². The van der Waals surface area contributed by atoms with Crippen LogP contribution in [0, 0.1) is 5.82 Å². The Morgan fingerprint density at radius 2 is 2.19 bits per heavy atom. The van der Waals surface area contributed by atoms with Crippen LogP contribution in [-0.2, 0) is 4.79 Å². The first kappa shape index (κ1) is 10.5. The molecule has 0 atom stereocenters. The van der Waals surface area contributed by atoms with Gasteiger partial charge >= 0.3 is 0 Å². The molecule has 0 unspecified atom stereocenters. The second-order valence-corrected chi connectivity index (χ2v) is 3.42. The first-order valence-corrected chi connectivity index (χ1v) is 5.06. The summed E-state index contributed by atoms with van der Waals surface area (Å²) in [5.41, 5.74) is 0.621. The van der Waals surface area contributed by atoms with Gasteiger partial charge in [0.25, 0.3) is 5.91 Å². The second-order valence-electron chi connectivity index (χ2n) is 3.42. The fraction of sp³-hybridized carbons (Fsp3) is 0.167. The standard InChI is InChI=1S/C12H11FN2O/c1-2-11-14-10(12(16)15-11)7-8-5-3-4-6-9(8)13/h3-7H,2H2,1H3,(H,14,15,16)/b10-7-. The van der Waals surface area contributed by atoms with Gasteiger partial charge in [-0.05, 0) is 12.1 Å². The van der Waals surface area contributed by atoms with Gasteiger partial charge in [0.15, 0.2) is 0 Å². The third kappa shape index (κ3) is 2.00. The number of carbonyl (C=O) groups excluding carboxylic acids is 1. The monoisotopic (exact) mass is 218 g/mol. The van der Waals surface area contributed by atoms with Crippen molar-refractivity contribution < 1.29 is 9.18 Å². The number of carbonyl (C=O) groups is 1. The van der Waals surface area contributed by atoms with E-state index >= 15 is 0 Å². The zero-order valence-electron chi connectivity index (χ0n) is 8.83. The van der Waals surface area contributed by atoms with Crippen molar-refractivity contribution >= 4 is 17.8 Å². The van der Waals surface area contributed by atoms with E-state index in [1.807, 2.05) is 6.92 Å². The highest BCUT2D eigenvalue weighted by Gasteiger charge is 2.18. The minimum absolute atomic E-state index is 0.252. The van der Waals surface area contributed by atoms with E-state index in [4.69, 9.17) is 0 Å². The molecule has 4 heteroatoms. The number of aliphatic imine (C=N–C) groups is 1. The minimum atomic E-state index is -0.358. The molecule has 16 heavy (non-hydrogen) atoms. The maximum absolute atomic E-state index is 13.3. The van der Waals surface area contributed by atoms with Crippen LogP contribution in [0.3, 0.4) is 0 Å². The summed E-state index contributed by atoms with van der Waals surface area (Å²) in [5, 5.41) is 2.61. The molecule has 1 aromatic carbocycles. The molecule has 1 aliphatic heterocycles. The van der Waals surface area contributed by atoms with Crippen LogP contribution in [-0.4, -0.2) is 11.7 Å². The van der Waals surface area contributed by atoms with Crippen LogP contribution in [0.15, 0.2) is 35.0 Å². The molecular formula is C12H11FN2O. The Balaban J connectivity index is 2.35. The van der Waals surface area contributed by atoms with Crippen molar-refractivity contribution in [1.82, 2.24) is 5.32 Å². The molecule has 0 saturated carbocycles. The quantitative estimate of drug-likeness (QED) is 0.759. The molecule has 0 bridgehead atoms. The fourth-order valence-corrected chi connectivity index (χ4v) is 1.42. The maximum atomic E-state index is 13.3. The zero-order chi connectivity index (χ0) is 11.5. The summed E-state index contributed by atoms with van der Waals surface area (Å²) in [6.07, 6.45) is 2.10. The Labute approximate surface area is 92.7 Å². The maximum Gasteiger partial charge on any atom is 0.275 e. The number of amidine groups is 1. The molecule has 1 aliphatic rings. The van der Waals surface area contributed by atoms with E-state index < -0.39 is 0 Å². The van der Waals surface area contributed by atoms with E-state index in [1.165, 1.54) is 12.1 Å². The summed E-state index contributed by atoms with van der Waals surface area (Å²) in [6, 6.07) is 6.28. The molecule has 1 heterocycles. The first-order chi connectivity index (χ1) is 7.70. The van der Waals surface area contributed by atoms with Crippen LogP contribution in [0.2, 0.25) is 0 Å². The minimum Gasteiger partial charge on any atom is -0.309 e. The molecule has 0 aromatic heterocycles. The number of nitrogens with one attached hydrogen (secondary N) is 1. The normalized spacial score (nSPS) is 17.5. The van der Waals surface area contributed by atoms with Gasteiger partial charge in [0.1, 0.15) is 17.3 Å². The van der Waals surface area contributed by atoms with Crippen LogP contribution in [0.25, 0.3) is 6.08 Å². The molecule has 1 N–H and O–H groups in total. The van der Waals surface area contributed by atoms with Crippen molar-refractivity contribution in [1.29, 1.82) is 0 Å². The zero-order valence-corrected chi connectivity index (χ0v) is 8.83. The van der Waals surface area contributed by atoms with Gasteiger partial charge < -0.3 is 5.32 Å². The summed E-state index contributed by atoms with van der Waals surface area (Å²) < 4.78 is 13.3. The number of amides is 1. The van der Waals surface area contributed by atoms with Crippen molar-refractivity contribution in [2.75, 3.05) is 0 Å².